The van der Waals surface area contributed by atoms with Crippen LogP contribution in [0.2, 0.25) is 5.15 Å². The Hall–Kier alpha value is -2.90. The Morgan fingerprint density at radius 3 is 2.54 bits per heavy atom. The molecule has 1 atom stereocenters. The molecule has 0 saturated carbocycles. The van der Waals surface area contributed by atoms with Crippen molar-refractivity contribution in [1.29, 1.82) is 5.26 Å². The zero-order chi connectivity index (χ0) is 18.7. The van der Waals surface area contributed by atoms with E-state index in [1.807, 2.05) is 62.4 Å². The summed E-state index contributed by atoms with van der Waals surface area (Å²) < 4.78 is 0. The van der Waals surface area contributed by atoms with Crippen molar-refractivity contribution < 1.29 is 4.79 Å². The highest BCUT2D eigenvalue weighted by Gasteiger charge is 2.20. The van der Waals surface area contributed by atoms with Gasteiger partial charge in [-0.2, -0.15) is 5.26 Å². The number of anilines is 1. The summed E-state index contributed by atoms with van der Waals surface area (Å²) in [5.41, 5.74) is 4.36. The number of nitrogens with one attached hydrogen (secondary N) is 1. The summed E-state index contributed by atoms with van der Waals surface area (Å²) in [5.74, 6) is -1.20. The number of nitriles is 1. The maximum Gasteiger partial charge on any atom is 0.242 e. The molecule has 3 aromatic rings. The molecule has 3 rings (SSSR count). The molecule has 1 amide bonds. The summed E-state index contributed by atoms with van der Waals surface area (Å²) in [6.07, 6.45) is 0.212. The lowest BCUT2D eigenvalue weighted by molar-refractivity contribution is -0.118. The number of amides is 1. The summed E-state index contributed by atoms with van der Waals surface area (Å²) in [4.78, 5) is 16.9. The lowest BCUT2D eigenvalue weighted by Crippen LogP contribution is -2.23. The topological polar surface area (TPSA) is 65.8 Å². The van der Waals surface area contributed by atoms with Crippen molar-refractivity contribution >= 4 is 34.1 Å². The van der Waals surface area contributed by atoms with E-state index in [0.717, 1.165) is 22.0 Å². The third-order valence-corrected chi connectivity index (χ3v) is 4.54. The lowest BCUT2D eigenvalue weighted by Gasteiger charge is -2.12. The minimum atomic E-state index is -0.849. The van der Waals surface area contributed by atoms with Gasteiger partial charge >= 0.3 is 0 Å². The number of rotatable bonds is 4. The molecule has 5 heteroatoms. The van der Waals surface area contributed by atoms with Gasteiger partial charge in [0.05, 0.1) is 11.6 Å². The van der Waals surface area contributed by atoms with E-state index in [4.69, 9.17) is 11.6 Å². The first-order chi connectivity index (χ1) is 12.5. The number of hydrogen-bond donors (Lipinski definition) is 1. The molecule has 0 unspecified atom stereocenters. The van der Waals surface area contributed by atoms with Gasteiger partial charge in [-0.3, -0.25) is 4.79 Å². The van der Waals surface area contributed by atoms with Crippen molar-refractivity contribution in [3.63, 3.8) is 0 Å². The molecule has 0 bridgehead atoms. The van der Waals surface area contributed by atoms with Crippen LogP contribution in [-0.2, 0) is 11.2 Å². The van der Waals surface area contributed by atoms with Crippen LogP contribution in [0.5, 0.6) is 0 Å². The molecule has 130 valence electrons. The molecule has 0 fully saturated rings. The van der Waals surface area contributed by atoms with Gasteiger partial charge in [0, 0.05) is 17.5 Å². The number of hydrogen-bond acceptors (Lipinski definition) is 3. The highest BCUT2D eigenvalue weighted by Crippen LogP contribution is 2.24. The first-order valence-corrected chi connectivity index (χ1v) is 8.67. The van der Waals surface area contributed by atoms with E-state index in [9.17, 15) is 10.1 Å². The van der Waals surface area contributed by atoms with E-state index in [1.54, 1.807) is 0 Å². The van der Waals surface area contributed by atoms with Crippen molar-refractivity contribution in [1.82, 2.24) is 4.98 Å². The monoisotopic (exact) mass is 363 g/mol. The molecule has 4 nitrogen and oxygen atoms in total. The van der Waals surface area contributed by atoms with Crippen molar-refractivity contribution in [2.75, 3.05) is 5.32 Å². The second kappa shape index (κ2) is 7.55. The second-order valence-electron chi connectivity index (χ2n) is 6.38. The number of carbonyl (C=O) groups is 1. The van der Waals surface area contributed by atoms with Crippen LogP contribution in [0, 0.1) is 31.1 Å². The van der Waals surface area contributed by atoms with Gasteiger partial charge in [0.2, 0.25) is 5.91 Å². The Labute approximate surface area is 157 Å². The summed E-state index contributed by atoms with van der Waals surface area (Å²) >= 11 is 6.29. The summed E-state index contributed by atoms with van der Waals surface area (Å²) in [6, 6.07) is 17.3. The number of aryl methyl sites for hydroxylation is 2. The molecule has 0 aliphatic carbocycles. The van der Waals surface area contributed by atoms with Crippen LogP contribution in [-0.4, -0.2) is 10.9 Å². The molecule has 0 spiro atoms. The van der Waals surface area contributed by atoms with Crippen LogP contribution < -0.4 is 5.32 Å². The van der Waals surface area contributed by atoms with Crippen LogP contribution >= 0.6 is 11.6 Å². The van der Waals surface area contributed by atoms with Crippen molar-refractivity contribution in [2.24, 2.45) is 5.92 Å². The maximum atomic E-state index is 12.5. The van der Waals surface area contributed by atoms with Gasteiger partial charge in [0.1, 0.15) is 11.1 Å². The zero-order valence-corrected chi connectivity index (χ0v) is 15.3. The molecule has 1 aromatic heterocycles. The number of benzene rings is 2. The predicted molar refractivity (Wildman–Crippen MR) is 104 cm³/mol. The fraction of sp³-hybridized carbons (Fsp3) is 0.190. The number of halogens is 1. The third-order valence-electron chi connectivity index (χ3n) is 4.21. The highest BCUT2D eigenvalue weighted by molar-refractivity contribution is 6.30. The SMILES string of the molecule is Cc1ccc(NC(=O)[C@@H](C#N)Cc2cc3ccc(C)cc3nc2Cl)cc1. The molecule has 1 N–H and O–H groups in total. The number of fused-ring (bicyclic) bond motifs is 1. The Balaban J connectivity index is 1.81. The molecule has 0 radical (unpaired) electrons. The van der Waals surface area contributed by atoms with E-state index in [1.165, 1.54) is 0 Å². The number of pyridine rings is 1. The molecular formula is C21H18ClN3O. The summed E-state index contributed by atoms with van der Waals surface area (Å²) in [7, 11) is 0. The predicted octanol–water partition coefficient (Wildman–Crippen LogP) is 4.83. The first kappa shape index (κ1) is 17.9. The Bertz CT molecular complexity index is 1010. The molecule has 26 heavy (non-hydrogen) atoms. The van der Waals surface area contributed by atoms with Crippen LogP contribution in [0.25, 0.3) is 10.9 Å². The van der Waals surface area contributed by atoms with Crippen LogP contribution in [0.1, 0.15) is 16.7 Å². The van der Waals surface area contributed by atoms with Gasteiger partial charge in [0.25, 0.3) is 0 Å². The fourth-order valence-electron chi connectivity index (χ4n) is 2.72. The second-order valence-corrected chi connectivity index (χ2v) is 6.73. The number of carbonyl (C=O) groups excluding carboxylic acids is 1. The van der Waals surface area contributed by atoms with E-state index < -0.39 is 5.92 Å². The zero-order valence-electron chi connectivity index (χ0n) is 14.6. The quantitative estimate of drug-likeness (QED) is 0.675. The number of aromatic nitrogens is 1. The molecule has 0 aliphatic rings. The van der Waals surface area contributed by atoms with Gasteiger partial charge in [-0.05, 0) is 49.2 Å². The van der Waals surface area contributed by atoms with E-state index in [-0.39, 0.29) is 12.3 Å². The Morgan fingerprint density at radius 1 is 1.15 bits per heavy atom. The van der Waals surface area contributed by atoms with Gasteiger partial charge in [-0.15, -0.1) is 0 Å². The van der Waals surface area contributed by atoms with Gasteiger partial charge in [-0.25, -0.2) is 4.98 Å². The minimum absolute atomic E-state index is 0.212. The van der Waals surface area contributed by atoms with Crippen LogP contribution in [0.4, 0.5) is 5.69 Å². The molecule has 2 aromatic carbocycles. The van der Waals surface area contributed by atoms with Gasteiger partial charge in [-0.1, -0.05) is 41.4 Å². The molecule has 0 aliphatic heterocycles. The first-order valence-electron chi connectivity index (χ1n) is 8.29. The summed E-state index contributed by atoms with van der Waals surface area (Å²) in [5, 5.41) is 13.5. The Morgan fingerprint density at radius 2 is 1.85 bits per heavy atom. The normalized spacial score (nSPS) is 11.8. The Kier molecular flexibility index (Phi) is 5.20. The standard InChI is InChI=1S/C21H18ClN3O/c1-13-4-7-18(8-5-13)24-21(26)17(12-23)11-16-10-15-6-3-14(2)9-19(15)25-20(16)22/h3-10,17H,11H2,1-2H3,(H,24,26)/t17-/m1/s1. The minimum Gasteiger partial charge on any atom is -0.325 e. The van der Waals surface area contributed by atoms with Crippen molar-refractivity contribution in [3.05, 3.63) is 70.4 Å². The van der Waals surface area contributed by atoms with E-state index >= 15 is 0 Å². The van der Waals surface area contributed by atoms with Crippen molar-refractivity contribution in [3.8, 4) is 6.07 Å². The lowest BCUT2D eigenvalue weighted by atomic mass is 9.99. The molecular weight excluding hydrogens is 346 g/mol. The molecule has 1 heterocycles. The largest absolute Gasteiger partial charge is 0.325 e. The summed E-state index contributed by atoms with van der Waals surface area (Å²) in [6.45, 7) is 3.96. The third kappa shape index (κ3) is 4.01. The van der Waals surface area contributed by atoms with Crippen molar-refractivity contribution in [2.45, 2.75) is 20.3 Å². The highest BCUT2D eigenvalue weighted by atomic mass is 35.5. The van der Waals surface area contributed by atoms with E-state index in [2.05, 4.69) is 16.4 Å². The van der Waals surface area contributed by atoms with E-state index in [0.29, 0.717) is 16.4 Å². The number of nitrogens with zero attached hydrogens (tertiary/aromatic N) is 2. The van der Waals surface area contributed by atoms with Gasteiger partial charge < -0.3 is 5.32 Å². The van der Waals surface area contributed by atoms with Gasteiger partial charge in [0.15, 0.2) is 0 Å². The van der Waals surface area contributed by atoms with Crippen LogP contribution in [0.3, 0.4) is 0 Å². The average molecular weight is 364 g/mol. The maximum absolute atomic E-state index is 12.5. The fourth-order valence-corrected chi connectivity index (χ4v) is 2.95. The molecule has 0 saturated heterocycles. The smallest absolute Gasteiger partial charge is 0.242 e. The van der Waals surface area contributed by atoms with Crippen LogP contribution in [0.15, 0.2) is 48.5 Å². The average Bonchev–Trinajstić information content (AvgIpc) is 2.61.